The van der Waals surface area contributed by atoms with Gasteiger partial charge in [-0.25, -0.2) is 0 Å². The smallest absolute Gasteiger partial charge is 0.357 e. The first-order chi connectivity index (χ1) is 10.9. The van der Waals surface area contributed by atoms with Crippen LogP contribution in [0, 0.1) is 0 Å². The van der Waals surface area contributed by atoms with Crippen LogP contribution < -0.4 is 10.6 Å². The van der Waals surface area contributed by atoms with Crippen molar-refractivity contribution in [3.63, 3.8) is 0 Å². The highest BCUT2D eigenvalue weighted by atomic mass is 127. The summed E-state index contributed by atoms with van der Waals surface area (Å²) in [5, 5.41) is 10.2. The third kappa shape index (κ3) is 11.5. The van der Waals surface area contributed by atoms with Gasteiger partial charge in [-0.05, 0) is 26.5 Å². The molecule has 0 radical (unpaired) electrons. The fraction of sp³-hybridized carbons (Fsp3) is 0.714. The number of likely N-dealkylation sites (N-methyl/N-ethyl adjacent to an activating group) is 1. The van der Waals surface area contributed by atoms with E-state index in [1.54, 1.807) is 6.20 Å². The number of aromatic nitrogens is 2. The quantitative estimate of drug-likeness (QED) is 0.255. The molecule has 0 saturated heterocycles. The lowest BCUT2D eigenvalue weighted by Gasteiger charge is -2.19. The molecule has 10 heteroatoms. The monoisotopic (exact) mass is 462 g/mol. The highest BCUT2D eigenvalue weighted by Crippen LogP contribution is 2.14. The van der Waals surface area contributed by atoms with Gasteiger partial charge in [0.25, 0.3) is 0 Å². The highest BCUT2D eigenvalue weighted by Gasteiger charge is 2.28. The number of aryl methyl sites for hydroxylation is 1. The Labute approximate surface area is 157 Å². The Kier molecular flexibility index (Phi) is 11.8. The van der Waals surface area contributed by atoms with Gasteiger partial charge in [-0.1, -0.05) is 0 Å². The van der Waals surface area contributed by atoms with Crippen molar-refractivity contribution in [1.29, 1.82) is 0 Å². The van der Waals surface area contributed by atoms with Crippen molar-refractivity contribution >= 4 is 29.9 Å². The van der Waals surface area contributed by atoms with Crippen LogP contribution in [0.2, 0.25) is 0 Å². The molecule has 0 amide bonds. The normalized spacial score (nSPS) is 12.2. The van der Waals surface area contributed by atoms with Gasteiger partial charge in [0.15, 0.2) is 5.96 Å². The Balaban J connectivity index is 0.00000529. The second-order valence-corrected chi connectivity index (χ2v) is 5.16. The molecule has 0 aliphatic heterocycles. The van der Waals surface area contributed by atoms with Gasteiger partial charge < -0.3 is 10.6 Å². The van der Waals surface area contributed by atoms with Gasteiger partial charge >= 0.3 is 6.18 Å². The van der Waals surface area contributed by atoms with Gasteiger partial charge in [-0.15, -0.1) is 24.0 Å². The fourth-order valence-corrected chi connectivity index (χ4v) is 1.95. The lowest BCUT2D eigenvalue weighted by molar-refractivity contribution is -0.142. The number of guanidine groups is 1. The van der Waals surface area contributed by atoms with Crippen molar-refractivity contribution in [1.82, 2.24) is 25.3 Å². The van der Waals surface area contributed by atoms with Crippen LogP contribution in [0.3, 0.4) is 0 Å². The van der Waals surface area contributed by atoms with Crippen LogP contribution in [0.5, 0.6) is 0 Å². The summed E-state index contributed by atoms with van der Waals surface area (Å²) in [7, 11) is 1.45. The summed E-state index contributed by atoms with van der Waals surface area (Å²) in [6, 6.07) is 1.87. The predicted molar refractivity (Wildman–Crippen MR) is 99.8 cm³/mol. The molecule has 1 aromatic rings. The lowest BCUT2D eigenvalue weighted by atomic mass is 10.4. The third-order valence-electron chi connectivity index (χ3n) is 2.95. The molecule has 0 fully saturated rings. The summed E-state index contributed by atoms with van der Waals surface area (Å²) < 4.78 is 38.5. The van der Waals surface area contributed by atoms with Crippen molar-refractivity contribution in [3.8, 4) is 0 Å². The molecule has 1 heterocycles. The Morgan fingerprint density at radius 2 is 2.08 bits per heavy atom. The van der Waals surface area contributed by atoms with Gasteiger partial charge in [0.05, 0.1) is 6.54 Å². The van der Waals surface area contributed by atoms with E-state index in [0.717, 1.165) is 13.0 Å². The molecule has 1 rings (SSSR count). The second kappa shape index (κ2) is 12.3. The highest BCUT2D eigenvalue weighted by molar-refractivity contribution is 14.0. The minimum Gasteiger partial charge on any atom is -0.357 e. The summed E-state index contributed by atoms with van der Waals surface area (Å²) >= 11 is 0. The van der Waals surface area contributed by atoms with E-state index in [9.17, 15) is 13.2 Å². The number of hydrogen-bond donors (Lipinski definition) is 2. The molecule has 6 nitrogen and oxygen atoms in total. The number of nitrogens with zero attached hydrogens (tertiary/aromatic N) is 4. The maximum atomic E-state index is 12.2. The zero-order valence-electron chi connectivity index (χ0n) is 14.0. The fourth-order valence-electron chi connectivity index (χ4n) is 1.95. The molecule has 140 valence electrons. The van der Waals surface area contributed by atoms with Gasteiger partial charge in [0.2, 0.25) is 0 Å². The van der Waals surface area contributed by atoms with Gasteiger partial charge in [-0.2, -0.15) is 18.3 Å². The second-order valence-electron chi connectivity index (χ2n) is 5.16. The predicted octanol–water partition coefficient (Wildman–Crippen LogP) is 1.94. The Morgan fingerprint density at radius 3 is 2.67 bits per heavy atom. The molecule has 0 aromatic carbocycles. The minimum atomic E-state index is -4.17. The maximum absolute atomic E-state index is 12.2. The molecule has 0 bridgehead atoms. The Hall–Kier alpha value is -1.04. The first kappa shape index (κ1) is 23.0. The largest absolute Gasteiger partial charge is 0.401 e. The average Bonchev–Trinajstić information content (AvgIpc) is 2.94. The molecule has 2 N–H and O–H groups in total. The molecule has 0 unspecified atom stereocenters. The number of rotatable bonds is 9. The molecular weight excluding hydrogens is 436 g/mol. The molecule has 1 aromatic heterocycles. The summed E-state index contributed by atoms with van der Waals surface area (Å²) in [5.41, 5.74) is 0. The number of aliphatic imine (C=N–C) groups is 1. The SMILES string of the molecule is CCNC(=NCCCn1cccn1)NCCN(C)CC(F)(F)F.I. The van der Waals surface area contributed by atoms with Crippen LogP contribution in [0.25, 0.3) is 0 Å². The van der Waals surface area contributed by atoms with E-state index in [1.807, 2.05) is 23.9 Å². The molecule has 0 atom stereocenters. The van der Waals surface area contributed by atoms with Crippen LogP contribution in [0.15, 0.2) is 23.5 Å². The molecule has 24 heavy (non-hydrogen) atoms. The third-order valence-corrected chi connectivity index (χ3v) is 2.95. The molecule has 0 spiro atoms. The van der Waals surface area contributed by atoms with Crippen molar-refractivity contribution in [3.05, 3.63) is 18.5 Å². The topological polar surface area (TPSA) is 57.5 Å². The zero-order valence-corrected chi connectivity index (χ0v) is 16.3. The maximum Gasteiger partial charge on any atom is 0.401 e. The van der Waals surface area contributed by atoms with E-state index in [-0.39, 0.29) is 30.5 Å². The van der Waals surface area contributed by atoms with E-state index < -0.39 is 12.7 Å². The van der Waals surface area contributed by atoms with Crippen molar-refractivity contribution in [2.24, 2.45) is 4.99 Å². The standard InChI is InChI=1S/C14H25F3N6.HI/c1-3-18-13(19-6-4-9-23-10-5-7-21-23)20-8-11-22(2)12-14(15,16)17;/h5,7,10H,3-4,6,8-9,11-12H2,1-2H3,(H2,18,19,20);1H. The Bertz CT molecular complexity index is 450. The summed E-state index contributed by atoms with van der Waals surface area (Å²) in [4.78, 5) is 5.63. The number of hydrogen-bond acceptors (Lipinski definition) is 3. The first-order valence-corrected chi connectivity index (χ1v) is 7.65. The number of alkyl halides is 3. The summed E-state index contributed by atoms with van der Waals surface area (Å²) in [5.74, 6) is 0.619. The Morgan fingerprint density at radius 1 is 1.33 bits per heavy atom. The lowest BCUT2D eigenvalue weighted by Crippen LogP contribution is -2.42. The van der Waals surface area contributed by atoms with Gasteiger partial charge in [-0.3, -0.25) is 14.6 Å². The van der Waals surface area contributed by atoms with Crippen LogP contribution >= 0.6 is 24.0 Å². The van der Waals surface area contributed by atoms with Crippen LogP contribution in [-0.4, -0.2) is 66.6 Å². The number of halogens is 4. The summed E-state index contributed by atoms with van der Waals surface area (Å²) in [6.07, 6.45) is 0.294. The van der Waals surface area contributed by atoms with E-state index in [0.29, 0.717) is 25.6 Å². The van der Waals surface area contributed by atoms with Crippen LogP contribution in [0.4, 0.5) is 13.2 Å². The first-order valence-electron chi connectivity index (χ1n) is 7.65. The van der Waals surface area contributed by atoms with E-state index in [1.165, 1.54) is 11.9 Å². The van der Waals surface area contributed by atoms with Crippen LogP contribution in [-0.2, 0) is 6.54 Å². The van der Waals surface area contributed by atoms with E-state index in [2.05, 4.69) is 20.7 Å². The zero-order chi connectivity index (χ0) is 17.1. The molecule has 0 aliphatic rings. The van der Waals surface area contributed by atoms with Gasteiger partial charge in [0.1, 0.15) is 0 Å². The van der Waals surface area contributed by atoms with Crippen LogP contribution in [0.1, 0.15) is 13.3 Å². The van der Waals surface area contributed by atoms with Gasteiger partial charge in [0, 0.05) is 45.1 Å². The van der Waals surface area contributed by atoms with E-state index in [4.69, 9.17) is 0 Å². The van der Waals surface area contributed by atoms with Crippen molar-refractivity contribution in [2.45, 2.75) is 26.1 Å². The molecule has 0 saturated carbocycles. The van der Waals surface area contributed by atoms with Crippen molar-refractivity contribution in [2.75, 3.05) is 39.8 Å². The summed E-state index contributed by atoms with van der Waals surface area (Å²) in [6.45, 7) is 3.82. The van der Waals surface area contributed by atoms with E-state index >= 15 is 0 Å². The average molecular weight is 462 g/mol. The number of nitrogens with one attached hydrogen (secondary N) is 2. The molecule has 0 aliphatic carbocycles. The minimum absolute atomic E-state index is 0. The molecular formula is C14H26F3IN6. The van der Waals surface area contributed by atoms with Crippen molar-refractivity contribution < 1.29 is 13.2 Å².